The summed E-state index contributed by atoms with van der Waals surface area (Å²) in [6.45, 7) is 2.84. The zero-order chi connectivity index (χ0) is 14.4. The van der Waals surface area contributed by atoms with Crippen molar-refractivity contribution in [2.75, 3.05) is 6.61 Å². The van der Waals surface area contributed by atoms with E-state index in [9.17, 15) is 0 Å². The maximum Gasteiger partial charge on any atom is 0.119 e. The first-order chi connectivity index (χ1) is 9.74. The van der Waals surface area contributed by atoms with Gasteiger partial charge in [0.05, 0.1) is 12.6 Å². The van der Waals surface area contributed by atoms with Gasteiger partial charge in [0, 0.05) is 15.8 Å². The van der Waals surface area contributed by atoms with Crippen LogP contribution in [0, 0.1) is 0 Å². The van der Waals surface area contributed by atoms with Crippen LogP contribution < -0.4 is 16.0 Å². The Balaban J connectivity index is 2.12. The Labute approximate surface area is 132 Å². The molecule has 0 amide bonds. The number of nitrogens with one attached hydrogen (secondary N) is 1. The maximum absolute atomic E-state index is 5.72. The van der Waals surface area contributed by atoms with Gasteiger partial charge in [-0.1, -0.05) is 19.1 Å². The SMILES string of the molecule is CCCOc1cccc(C(Cc2sccc2Br)NN)c1. The van der Waals surface area contributed by atoms with Crippen LogP contribution in [0.5, 0.6) is 5.75 Å². The number of thiophene rings is 1. The summed E-state index contributed by atoms with van der Waals surface area (Å²) in [7, 11) is 0. The molecule has 0 aliphatic carbocycles. The summed E-state index contributed by atoms with van der Waals surface area (Å²) >= 11 is 5.29. The van der Waals surface area contributed by atoms with Crippen molar-refractivity contribution in [2.45, 2.75) is 25.8 Å². The Kier molecular flexibility index (Phi) is 6.04. The zero-order valence-electron chi connectivity index (χ0n) is 11.4. The van der Waals surface area contributed by atoms with Crippen molar-refractivity contribution in [1.82, 2.24) is 5.43 Å². The van der Waals surface area contributed by atoms with Crippen LogP contribution in [0.2, 0.25) is 0 Å². The summed E-state index contributed by atoms with van der Waals surface area (Å²) < 4.78 is 6.81. The zero-order valence-corrected chi connectivity index (χ0v) is 13.8. The maximum atomic E-state index is 5.72. The Morgan fingerprint density at radius 2 is 2.25 bits per heavy atom. The number of nitrogens with two attached hydrogens (primary N) is 1. The molecule has 3 nitrogen and oxygen atoms in total. The molecular formula is C15H19BrN2OS. The van der Waals surface area contributed by atoms with Gasteiger partial charge < -0.3 is 4.74 Å². The van der Waals surface area contributed by atoms with Crippen molar-refractivity contribution in [2.24, 2.45) is 5.84 Å². The van der Waals surface area contributed by atoms with E-state index in [-0.39, 0.29) is 6.04 Å². The van der Waals surface area contributed by atoms with Gasteiger partial charge in [0.25, 0.3) is 0 Å². The van der Waals surface area contributed by atoms with E-state index in [0.29, 0.717) is 0 Å². The Morgan fingerprint density at radius 3 is 2.90 bits per heavy atom. The number of halogens is 1. The van der Waals surface area contributed by atoms with Gasteiger partial charge in [-0.2, -0.15) is 0 Å². The van der Waals surface area contributed by atoms with Gasteiger partial charge in [-0.3, -0.25) is 11.3 Å². The smallest absolute Gasteiger partial charge is 0.119 e. The molecule has 1 aromatic heterocycles. The lowest BCUT2D eigenvalue weighted by atomic mass is 10.0. The van der Waals surface area contributed by atoms with Crippen LogP contribution in [0.1, 0.15) is 29.8 Å². The molecule has 20 heavy (non-hydrogen) atoms. The lowest BCUT2D eigenvalue weighted by Crippen LogP contribution is -2.29. The van der Waals surface area contributed by atoms with Crippen molar-refractivity contribution in [3.05, 3.63) is 50.6 Å². The van der Waals surface area contributed by atoms with Gasteiger partial charge in [-0.25, -0.2) is 0 Å². The molecule has 0 radical (unpaired) electrons. The second kappa shape index (κ2) is 7.78. The van der Waals surface area contributed by atoms with E-state index in [2.05, 4.69) is 51.9 Å². The third kappa shape index (κ3) is 4.06. The molecule has 0 bridgehead atoms. The van der Waals surface area contributed by atoms with Crippen LogP contribution >= 0.6 is 27.3 Å². The molecule has 0 aliphatic rings. The highest BCUT2D eigenvalue weighted by atomic mass is 79.9. The topological polar surface area (TPSA) is 47.3 Å². The van der Waals surface area contributed by atoms with Crippen molar-refractivity contribution < 1.29 is 4.74 Å². The lowest BCUT2D eigenvalue weighted by Gasteiger charge is -2.17. The Morgan fingerprint density at radius 1 is 1.40 bits per heavy atom. The molecule has 1 atom stereocenters. The van der Waals surface area contributed by atoms with Gasteiger partial charge in [0.1, 0.15) is 5.75 Å². The number of rotatable bonds is 7. The van der Waals surface area contributed by atoms with Crippen LogP contribution in [-0.2, 0) is 6.42 Å². The van der Waals surface area contributed by atoms with Gasteiger partial charge >= 0.3 is 0 Å². The lowest BCUT2D eigenvalue weighted by molar-refractivity contribution is 0.316. The van der Waals surface area contributed by atoms with E-state index >= 15 is 0 Å². The van der Waals surface area contributed by atoms with Gasteiger partial charge in [0.15, 0.2) is 0 Å². The molecule has 1 aromatic carbocycles. The minimum atomic E-state index is 0.0788. The highest BCUT2D eigenvalue weighted by Crippen LogP contribution is 2.29. The summed E-state index contributed by atoms with van der Waals surface area (Å²) in [6, 6.07) is 10.3. The predicted molar refractivity (Wildman–Crippen MR) is 88.0 cm³/mol. The van der Waals surface area contributed by atoms with Crippen molar-refractivity contribution in [3.63, 3.8) is 0 Å². The number of benzene rings is 1. The van der Waals surface area contributed by atoms with Gasteiger partial charge in [-0.15, -0.1) is 11.3 Å². The normalized spacial score (nSPS) is 12.3. The van der Waals surface area contributed by atoms with Crippen molar-refractivity contribution in [1.29, 1.82) is 0 Å². The Hall–Kier alpha value is -0.880. The average molecular weight is 355 g/mol. The molecule has 1 unspecified atom stereocenters. The first kappa shape index (κ1) is 15.5. The van der Waals surface area contributed by atoms with Gasteiger partial charge in [-0.05, 0) is 51.5 Å². The second-order valence-electron chi connectivity index (χ2n) is 4.54. The largest absolute Gasteiger partial charge is 0.494 e. The summed E-state index contributed by atoms with van der Waals surface area (Å²) in [6.07, 6.45) is 1.86. The van der Waals surface area contributed by atoms with Crippen LogP contribution in [0.15, 0.2) is 40.2 Å². The number of ether oxygens (including phenoxy) is 1. The Bertz CT molecular complexity index is 544. The molecule has 2 aromatic rings. The molecular weight excluding hydrogens is 336 g/mol. The first-order valence-corrected chi connectivity index (χ1v) is 8.32. The summed E-state index contributed by atoms with van der Waals surface area (Å²) in [5.41, 5.74) is 4.04. The summed E-state index contributed by atoms with van der Waals surface area (Å²) in [5, 5.41) is 2.08. The van der Waals surface area contributed by atoms with E-state index in [1.165, 1.54) is 4.88 Å². The van der Waals surface area contributed by atoms with Crippen LogP contribution in [0.25, 0.3) is 0 Å². The monoisotopic (exact) mass is 354 g/mol. The fourth-order valence-corrected chi connectivity index (χ4v) is 3.53. The second-order valence-corrected chi connectivity index (χ2v) is 6.39. The first-order valence-electron chi connectivity index (χ1n) is 6.65. The molecule has 0 saturated heterocycles. The standard InChI is InChI=1S/C15H19BrN2OS/c1-2-7-19-12-5-3-4-11(9-12)14(18-17)10-15-13(16)6-8-20-15/h3-6,8-9,14,18H,2,7,10,17H2,1H3. The van der Waals surface area contributed by atoms with Crippen LogP contribution in [0.4, 0.5) is 0 Å². The van der Waals surface area contributed by atoms with Crippen molar-refractivity contribution in [3.8, 4) is 5.75 Å². The van der Waals surface area contributed by atoms with E-state index in [1.54, 1.807) is 11.3 Å². The number of hydrogen-bond acceptors (Lipinski definition) is 4. The molecule has 2 rings (SSSR count). The third-order valence-corrected chi connectivity index (χ3v) is 4.96. The molecule has 3 N–H and O–H groups in total. The third-order valence-electron chi connectivity index (χ3n) is 3.02. The molecule has 0 fully saturated rings. The van der Waals surface area contributed by atoms with E-state index in [0.717, 1.165) is 35.2 Å². The number of hydrogen-bond donors (Lipinski definition) is 2. The summed E-state index contributed by atoms with van der Waals surface area (Å²) in [5.74, 6) is 6.62. The van der Waals surface area contributed by atoms with Crippen LogP contribution in [-0.4, -0.2) is 6.61 Å². The van der Waals surface area contributed by atoms with E-state index in [4.69, 9.17) is 10.6 Å². The average Bonchev–Trinajstić information content (AvgIpc) is 2.88. The molecule has 1 heterocycles. The van der Waals surface area contributed by atoms with Crippen LogP contribution in [0.3, 0.4) is 0 Å². The molecule has 108 valence electrons. The highest BCUT2D eigenvalue weighted by Gasteiger charge is 2.14. The molecule has 0 spiro atoms. The quantitative estimate of drug-likeness (QED) is 0.582. The predicted octanol–water partition coefficient (Wildman–Crippen LogP) is 4.05. The fourth-order valence-electron chi connectivity index (χ4n) is 1.97. The minimum absolute atomic E-state index is 0.0788. The van der Waals surface area contributed by atoms with E-state index < -0.39 is 0 Å². The van der Waals surface area contributed by atoms with E-state index in [1.807, 2.05) is 12.1 Å². The molecule has 0 saturated carbocycles. The fraction of sp³-hybridized carbons (Fsp3) is 0.333. The van der Waals surface area contributed by atoms with Crippen molar-refractivity contribution >= 4 is 27.3 Å². The molecule has 0 aliphatic heterocycles. The number of hydrazine groups is 1. The minimum Gasteiger partial charge on any atom is -0.494 e. The van der Waals surface area contributed by atoms with Gasteiger partial charge in [0.2, 0.25) is 0 Å². The highest BCUT2D eigenvalue weighted by molar-refractivity contribution is 9.10. The summed E-state index contributed by atoms with van der Waals surface area (Å²) in [4.78, 5) is 1.29. The molecule has 5 heteroatoms.